The Morgan fingerprint density at radius 3 is 2.30 bits per heavy atom. The molecule has 0 aliphatic heterocycles. The van der Waals surface area contributed by atoms with Crippen LogP contribution in [0, 0.1) is 0 Å². The van der Waals surface area contributed by atoms with Crippen LogP contribution in [0.15, 0.2) is 0 Å². The predicted octanol–water partition coefficient (Wildman–Crippen LogP) is 2.90. The van der Waals surface area contributed by atoms with Gasteiger partial charge < -0.3 is 19.7 Å². The zero-order valence-corrected chi connectivity index (χ0v) is 13.5. The number of ether oxygens (including phenoxy) is 2. The van der Waals surface area contributed by atoms with Crippen LogP contribution in [0.2, 0.25) is 0 Å². The first kappa shape index (κ1) is 19.8. The Hall–Kier alpha value is -0.160. The highest BCUT2D eigenvalue weighted by molar-refractivity contribution is 4.66. The molecule has 1 fully saturated rings. The lowest BCUT2D eigenvalue weighted by Crippen LogP contribution is -2.19. The highest BCUT2D eigenvalue weighted by Crippen LogP contribution is 2.20. The highest BCUT2D eigenvalue weighted by atomic mass is 16.5. The van der Waals surface area contributed by atoms with Gasteiger partial charge in [-0.25, -0.2) is 0 Å². The third kappa shape index (κ3) is 12.9. The monoisotopic (exact) mass is 290 g/mol. The van der Waals surface area contributed by atoms with Crippen molar-refractivity contribution in [2.24, 2.45) is 0 Å². The second kappa shape index (κ2) is 13.8. The minimum Gasteiger partial charge on any atom is -0.394 e. The van der Waals surface area contributed by atoms with Crippen LogP contribution in [-0.4, -0.2) is 48.3 Å². The fourth-order valence-corrected chi connectivity index (χ4v) is 2.01. The standard InChI is InChI=1S/C10H20O.C6H14O3/c1-2-3-6-9-11-10-7-4-5-8-10;1-5(8)4-9-6(2)3-7/h10H,2-9H2,1H3;5-8H,3-4H2,1-2H3. The molecule has 1 saturated carbocycles. The largest absolute Gasteiger partial charge is 0.394 e. The number of unbranched alkanes of at least 4 members (excludes halogenated alkanes) is 2. The molecule has 0 aromatic heterocycles. The van der Waals surface area contributed by atoms with Gasteiger partial charge in [0.15, 0.2) is 0 Å². The number of aliphatic hydroxyl groups excluding tert-OH is 2. The van der Waals surface area contributed by atoms with Crippen LogP contribution >= 0.6 is 0 Å². The molecule has 0 amide bonds. The lowest BCUT2D eigenvalue weighted by Gasteiger charge is -2.10. The maximum absolute atomic E-state index is 8.69. The summed E-state index contributed by atoms with van der Waals surface area (Å²) in [6.45, 7) is 6.93. The second-order valence-electron chi connectivity index (χ2n) is 5.66. The minimum absolute atomic E-state index is 0.00667. The van der Waals surface area contributed by atoms with Gasteiger partial charge in [0, 0.05) is 6.61 Å². The van der Waals surface area contributed by atoms with Crippen molar-refractivity contribution in [1.29, 1.82) is 0 Å². The molecule has 0 saturated heterocycles. The smallest absolute Gasteiger partial charge is 0.0779 e. The molecule has 2 unspecified atom stereocenters. The highest BCUT2D eigenvalue weighted by Gasteiger charge is 2.14. The van der Waals surface area contributed by atoms with Crippen LogP contribution < -0.4 is 0 Å². The molecular weight excluding hydrogens is 256 g/mol. The van der Waals surface area contributed by atoms with Crippen LogP contribution in [0.3, 0.4) is 0 Å². The van der Waals surface area contributed by atoms with E-state index in [1.54, 1.807) is 13.8 Å². The summed E-state index contributed by atoms with van der Waals surface area (Å²) in [6.07, 6.45) is 9.29. The first-order valence-electron chi connectivity index (χ1n) is 8.12. The quantitative estimate of drug-likeness (QED) is 0.641. The summed E-state index contributed by atoms with van der Waals surface area (Å²) in [7, 11) is 0. The maximum atomic E-state index is 8.69. The number of rotatable bonds is 9. The topological polar surface area (TPSA) is 58.9 Å². The van der Waals surface area contributed by atoms with Crippen molar-refractivity contribution in [2.45, 2.75) is 84.0 Å². The van der Waals surface area contributed by atoms with Crippen LogP contribution in [-0.2, 0) is 9.47 Å². The Bertz CT molecular complexity index is 191. The Morgan fingerprint density at radius 2 is 1.80 bits per heavy atom. The van der Waals surface area contributed by atoms with E-state index in [-0.39, 0.29) is 12.7 Å². The Morgan fingerprint density at radius 1 is 1.15 bits per heavy atom. The van der Waals surface area contributed by atoms with Gasteiger partial charge in [-0.05, 0) is 33.1 Å². The molecule has 0 heterocycles. The van der Waals surface area contributed by atoms with Crippen LogP contribution in [0.5, 0.6) is 0 Å². The molecule has 4 nitrogen and oxygen atoms in total. The lowest BCUT2D eigenvalue weighted by molar-refractivity contribution is -0.0177. The van der Waals surface area contributed by atoms with Gasteiger partial charge in [-0.15, -0.1) is 0 Å². The van der Waals surface area contributed by atoms with E-state index >= 15 is 0 Å². The average molecular weight is 290 g/mol. The predicted molar refractivity (Wildman–Crippen MR) is 81.9 cm³/mol. The molecule has 0 aromatic carbocycles. The van der Waals surface area contributed by atoms with Crippen molar-refractivity contribution in [1.82, 2.24) is 0 Å². The van der Waals surface area contributed by atoms with Crippen molar-refractivity contribution in [3.8, 4) is 0 Å². The summed E-state index contributed by atoms with van der Waals surface area (Å²) in [6, 6.07) is 0. The molecule has 0 bridgehead atoms. The molecule has 0 spiro atoms. The second-order valence-corrected chi connectivity index (χ2v) is 5.66. The van der Waals surface area contributed by atoms with Gasteiger partial charge in [-0.3, -0.25) is 0 Å². The van der Waals surface area contributed by atoms with E-state index in [1.807, 2.05) is 0 Å². The summed E-state index contributed by atoms with van der Waals surface area (Å²) < 4.78 is 10.7. The van der Waals surface area contributed by atoms with E-state index in [4.69, 9.17) is 19.7 Å². The molecule has 1 aliphatic rings. The van der Waals surface area contributed by atoms with Crippen LogP contribution in [0.4, 0.5) is 0 Å². The van der Waals surface area contributed by atoms with Crippen molar-refractivity contribution < 1.29 is 19.7 Å². The van der Waals surface area contributed by atoms with E-state index in [0.717, 1.165) is 6.61 Å². The van der Waals surface area contributed by atoms with Gasteiger partial charge in [0.1, 0.15) is 0 Å². The molecule has 0 aromatic rings. The third-order valence-corrected chi connectivity index (χ3v) is 3.28. The summed E-state index contributed by atoms with van der Waals surface area (Å²) >= 11 is 0. The van der Waals surface area contributed by atoms with Gasteiger partial charge in [-0.2, -0.15) is 0 Å². The van der Waals surface area contributed by atoms with Crippen molar-refractivity contribution >= 4 is 0 Å². The Labute approximate surface area is 124 Å². The molecule has 20 heavy (non-hydrogen) atoms. The van der Waals surface area contributed by atoms with E-state index in [1.165, 1.54) is 44.9 Å². The summed E-state index contributed by atoms with van der Waals surface area (Å²) in [5.41, 5.74) is 0. The van der Waals surface area contributed by atoms with Gasteiger partial charge in [0.25, 0.3) is 0 Å². The SMILES string of the molecule is CC(O)COC(C)CO.CCCCCOC1CCCC1. The molecule has 2 atom stereocenters. The van der Waals surface area contributed by atoms with Crippen molar-refractivity contribution in [3.63, 3.8) is 0 Å². The van der Waals surface area contributed by atoms with Crippen LogP contribution in [0.1, 0.15) is 65.7 Å². The first-order valence-corrected chi connectivity index (χ1v) is 8.12. The van der Waals surface area contributed by atoms with Gasteiger partial charge in [-0.1, -0.05) is 32.6 Å². The van der Waals surface area contributed by atoms with Gasteiger partial charge in [0.2, 0.25) is 0 Å². The number of aliphatic hydroxyl groups is 2. The molecular formula is C16H34O4. The van der Waals surface area contributed by atoms with Crippen LogP contribution in [0.25, 0.3) is 0 Å². The van der Waals surface area contributed by atoms with Crippen molar-refractivity contribution in [2.75, 3.05) is 19.8 Å². The van der Waals surface area contributed by atoms with Crippen molar-refractivity contribution in [3.05, 3.63) is 0 Å². The summed E-state index contributed by atoms with van der Waals surface area (Å²) in [4.78, 5) is 0. The molecule has 0 radical (unpaired) electrons. The number of hydrogen-bond donors (Lipinski definition) is 2. The molecule has 1 aliphatic carbocycles. The zero-order chi connectivity index (χ0) is 15.2. The van der Waals surface area contributed by atoms with Gasteiger partial charge >= 0.3 is 0 Å². The molecule has 2 N–H and O–H groups in total. The van der Waals surface area contributed by atoms with E-state index in [2.05, 4.69) is 6.92 Å². The van der Waals surface area contributed by atoms with Gasteiger partial charge in [0.05, 0.1) is 31.5 Å². The Balaban J connectivity index is 0.000000370. The number of hydrogen-bond acceptors (Lipinski definition) is 4. The van der Waals surface area contributed by atoms with E-state index < -0.39 is 6.10 Å². The molecule has 4 heteroatoms. The minimum atomic E-state index is -0.445. The zero-order valence-electron chi connectivity index (χ0n) is 13.5. The van der Waals surface area contributed by atoms with E-state index in [0.29, 0.717) is 12.7 Å². The fourth-order valence-electron chi connectivity index (χ4n) is 2.01. The normalized spacial score (nSPS) is 18.4. The fraction of sp³-hybridized carbons (Fsp3) is 1.00. The Kier molecular flexibility index (Phi) is 13.7. The first-order chi connectivity index (χ1) is 9.60. The third-order valence-electron chi connectivity index (χ3n) is 3.28. The maximum Gasteiger partial charge on any atom is 0.0779 e. The van der Waals surface area contributed by atoms with E-state index in [9.17, 15) is 0 Å². The lowest BCUT2D eigenvalue weighted by atomic mass is 10.2. The summed E-state index contributed by atoms with van der Waals surface area (Å²) in [5, 5.41) is 17.1. The summed E-state index contributed by atoms with van der Waals surface area (Å²) in [5.74, 6) is 0. The molecule has 122 valence electrons. The average Bonchev–Trinajstić information content (AvgIpc) is 2.95. The molecule has 1 rings (SSSR count).